The number of hydrogen-bond acceptors (Lipinski definition) is 15. The zero-order valence-corrected chi connectivity index (χ0v) is 66.2. The van der Waals surface area contributed by atoms with Crippen LogP contribution in [0, 0.1) is 0 Å². The van der Waals surface area contributed by atoms with E-state index < -0.39 is 87.4 Å². The van der Waals surface area contributed by atoms with Crippen LogP contribution in [0.3, 0.4) is 0 Å². The Morgan fingerprint density at radius 2 is 0.589 bits per heavy atom. The third kappa shape index (κ3) is 33.4. The van der Waals surface area contributed by atoms with Gasteiger partial charge in [-0.1, -0.05) is 131 Å². The summed E-state index contributed by atoms with van der Waals surface area (Å²) < 4.78 is 152. The first-order chi connectivity index (χ1) is 40.8. The quantitative estimate of drug-likeness (QED) is 0.0195. The first-order valence-corrected chi connectivity index (χ1v) is 37.8. The van der Waals surface area contributed by atoms with Gasteiger partial charge in [0.2, 0.25) is 0 Å². The second kappa shape index (κ2) is 43.3. The van der Waals surface area contributed by atoms with Gasteiger partial charge in [0.1, 0.15) is 64.9 Å². The maximum absolute atomic E-state index is 11.3. The number of benzene rings is 6. The molecule has 480 valence electrons. The summed E-state index contributed by atoms with van der Waals surface area (Å²) in [6.07, 6.45) is 9.49. The van der Waals surface area contributed by atoms with E-state index in [1.807, 2.05) is 91.0 Å². The molecule has 6 N–H and O–H groups in total. The van der Waals surface area contributed by atoms with Gasteiger partial charge in [-0.15, -0.1) is 0 Å². The summed E-state index contributed by atoms with van der Waals surface area (Å²) in [5.74, 6) is 4.18. The molecule has 6 aromatic carbocycles. The maximum atomic E-state index is 11.3. The van der Waals surface area contributed by atoms with Crippen LogP contribution >= 0.6 is 22.8 Å². The third-order valence-electron chi connectivity index (χ3n) is 13.6. The summed E-state index contributed by atoms with van der Waals surface area (Å²) in [6.45, 7) is 6.38. The van der Waals surface area contributed by atoms with Crippen molar-refractivity contribution in [2.45, 2.75) is 151 Å². The topological polar surface area (TPSA) is 372 Å². The Balaban J connectivity index is 0.000000664. The average Bonchev–Trinajstić information content (AvgIpc) is 3.26. The monoisotopic (exact) mass is 1440 g/mol. The molecule has 6 rings (SSSR count). The molecule has 30 heteroatoms. The van der Waals surface area contributed by atoms with Gasteiger partial charge in [0, 0.05) is 0 Å². The molecule has 0 amide bonds. The molecule has 0 saturated carbocycles. The van der Waals surface area contributed by atoms with Gasteiger partial charge in [0.05, 0.1) is 0 Å². The maximum Gasteiger partial charge on any atom is 1.00 e. The molecular weight excluding hydrogens is 1360 g/mol. The van der Waals surface area contributed by atoms with Crippen molar-refractivity contribution in [3.63, 3.8) is 0 Å². The van der Waals surface area contributed by atoms with E-state index in [0.29, 0.717) is 36.5 Å². The molecule has 0 radical (unpaired) electrons. The second-order valence-electron chi connectivity index (χ2n) is 20.7. The van der Waals surface area contributed by atoms with Crippen LogP contribution in [0.25, 0.3) is 0 Å². The standard InChI is InChI=1S/3C20H27O7PS.3K/c3*1-2-3-10-17-11-4-5-13-19(17)27-18-12-6-8-16(15-18)9-7-14-20(28(21,22)23)29(24,25)26;;;/h3*4-6,8,11-13,15,20H,2-3,7,9-10,14H2,1H3,(H2,21,22,23)(H,24,25,26);;;/q;;;3*+1/p-3. The third-order valence-corrected chi connectivity index (χ3v) is 24.1. The van der Waals surface area contributed by atoms with Gasteiger partial charge in [-0.05, 0) is 184 Å². The van der Waals surface area contributed by atoms with Crippen LogP contribution in [0.2, 0.25) is 0 Å². The fourth-order valence-corrected chi connectivity index (χ4v) is 16.0. The minimum absolute atomic E-state index is 0. The molecule has 21 nitrogen and oxygen atoms in total. The molecule has 6 aromatic rings. The number of rotatable bonds is 33. The fraction of sp³-hybridized carbons (Fsp3) is 0.400. The van der Waals surface area contributed by atoms with Crippen molar-refractivity contribution in [1.82, 2.24) is 0 Å². The zero-order valence-electron chi connectivity index (χ0n) is 51.7. The molecule has 0 spiro atoms. The Morgan fingerprint density at radius 3 is 0.800 bits per heavy atom. The van der Waals surface area contributed by atoms with E-state index in [-0.39, 0.29) is 173 Å². The van der Waals surface area contributed by atoms with Crippen molar-refractivity contribution < 1.29 is 250 Å². The minimum Gasteiger partial charge on any atom is -0.747 e. The van der Waals surface area contributed by atoms with Crippen LogP contribution in [-0.2, 0) is 82.6 Å². The molecule has 0 aliphatic carbocycles. The smallest absolute Gasteiger partial charge is 0.747 e. The molecule has 3 unspecified atom stereocenters. The summed E-state index contributed by atoms with van der Waals surface area (Å²) in [5.41, 5.74) is 5.81. The molecule has 3 atom stereocenters. The van der Waals surface area contributed by atoms with Gasteiger partial charge in [0.25, 0.3) is 0 Å². The van der Waals surface area contributed by atoms with Crippen LogP contribution in [0.4, 0.5) is 0 Å². The van der Waals surface area contributed by atoms with Gasteiger partial charge in [0.15, 0.2) is 15.0 Å². The molecule has 0 bridgehead atoms. The predicted octanol–water partition coefficient (Wildman–Crippen LogP) is 3.59. The van der Waals surface area contributed by atoms with E-state index in [1.165, 1.54) is 0 Å². The number of para-hydroxylation sites is 3. The normalized spacial score (nSPS) is 12.8. The molecule has 0 saturated heterocycles. The van der Waals surface area contributed by atoms with Crippen LogP contribution in [0.5, 0.6) is 34.5 Å². The summed E-state index contributed by atoms with van der Waals surface area (Å²) in [7, 11) is -30.3. The van der Waals surface area contributed by atoms with Crippen LogP contribution < -0.4 is 168 Å². The number of ether oxygens (including phenoxy) is 3. The number of unbranched alkanes of at least 4 members (excludes halogenated alkanes) is 3. The van der Waals surface area contributed by atoms with E-state index in [9.17, 15) is 52.6 Å². The van der Waals surface area contributed by atoms with Crippen molar-refractivity contribution in [3.05, 3.63) is 179 Å². The van der Waals surface area contributed by atoms with Crippen LogP contribution in [-0.4, -0.2) is 83.2 Å². The predicted molar refractivity (Wildman–Crippen MR) is 330 cm³/mol. The molecular formula is C60H78K3O21P3S3. The Bertz CT molecular complexity index is 3250. The van der Waals surface area contributed by atoms with Gasteiger partial charge in [-0.25, -0.2) is 25.3 Å². The Labute approximate surface area is 658 Å². The molecule has 0 aliphatic rings. The zero-order chi connectivity index (χ0) is 64.5. The van der Waals surface area contributed by atoms with Crippen molar-refractivity contribution >= 4 is 53.1 Å². The second-order valence-corrected chi connectivity index (χ2v) is 31.8. The Kier molecular flexibility index (Phi) is 42.2. The van der Waals surface area contributed by atoms with Crippen molar-refractivity contribution in [3.8, 4) is 34.5 Å². The van der Waals surface area contributed by atoms with Crippen molar-refractivity contribution in [1.29, 1.82) is 0 Å². The summed E-state index contributed by atoms with van der Waals surface area (Å²) >= 11 is 0. The van der Waals surface area contributed by atoms with Gasteiger partial charge in [-0.3, -0.25) is 13.7 Å². The minimum atomic E-state index is -5.08. The first-order valence-electron chi connectivity index (χ1n) is 28.4. The van der Waals surface area contributed by atoms with Crippen LogP contribution in [0.15, 0.2) is 146 Å². The van der Waals surface area contributed by atoms with Crippen molar-refractivity contribution in [2.24, 2.45) is 0 Å². The summed E-state index contributed by atoms with van der Waals surface area (Å²) in [5, 5.41) is 0. The Morgan fingerprint density at radius 1 is 0.356 bits per heavy atom. The molecule has 0 aliphatic heterocycles. The van der Waals surface area contributed by atoms with E-state index in [2.05, 4.69) is 20.8 Å². The molecule has 90 heavy (non-hydrogen) atoms. The van der Waals surface area contributed by atoms with Gasteiger partial charge < -0.3 is 57.2 Å². The average molecular weight is 1440 g/mol. The summed E-state index contributed by atoms with van der Waals surface area (Å²) in [6, 6.07) is 45.1. The van der Waals surface area contributed by atoms with E-state index in [1.54, 1.807) is 54.6 Å². The van der Waals surface area contributed by atoms with Gasteiger partial charge >= 0.3 is 177 Å². The molecule has 0 heterocycles. The van der Waals surface area contributed by atoms with E-state index in [0.717, 1.165) is 108 Å². The number of aryl methyl sites for hydroxylation is 6. The summed E-state index contributed by atoms with van der Waals surface area (Å²) in [4.78, 5) is 48.1. The molecule has 0 fully saturated rings. The molecule has 0 aromatic heterocycles. The first kappa shape index (κ1) is 87.8. The van der Waals surface area contributed by atoms with Crippen molar-refractivity contribution in [2.75, 3.05) is 0 Å². The Hall–Kier alpha value is -0.191. The largest absolute Gasteiger partial charge is 1.00 e. The SMILES string of the molecule is CCCCc1ccccc1Oc1cccc(CCCC(P(=O)(O)O)S(=O)(=O)[O-])c1.CCCCc1ccccc1Oc1cccc(CCCC(P(=O)(O)O)S(=O)(=O)[O-])c1.CCCCc1ccccc1Oc1cccc(CCCC(P(=O)(O)O)S(=O)(=O)[O-])c1.[K+].[K+].[K+]. The number of hydrogen-bond donors (Lipinski definition) is 6. The fourth-order valence-electron chi connectivity index (χ4n) is 9.09. The van der Waals surface area contributed by atoms with Crippen LogP contribution in [0.1, 0.15) is 131 Å². The van der Waals surface area contributed by atoms with E-state index in [4.69, 9.17) is 43.6 Å². The van der Waals surface area contributed by atoms with Gasteiger partial charge in [-0.2, -0.15) is 0 Å². The van der Waals surface area contributed by atoms with E-state index >= 15 is 0 Å².